The third-order valence-electron chi connectivity index (χ3n) is 2.83. The van der Waals surface area contributed by atoms with Crippen molar-refractivity contribution >= 4 is 5.97 Å². The first-order valence-corrected chi connectivity index (χ1v) is 5.21. The summed E-state index contributed by atoms with van der Waals surface area (Å²) in [6.07, 6.45) is -0.0338. The highest BCUT2D eigenvalue weighted by atomic mass is 16.5. The largest absolute Gasteiger partial charge is 0.480 e. The van der Waals surface area contributed by atoms with Crippen LogP contribution in [0.3, 0.4) is 0 Å². The predicted molar refractivity (Wildman–Crippen MR) is 54.9 cm³/mol. The molecule has 15 heavy (non-hydrogen) atoms. The quantitative estimate of drug-likeness (QED) is 0.712. The maximum absolute atomic E-state index is 10.8. The number of methoxy groups -OCH3 is 1. The molecular weight excluding hydrogens is 198 g/mol. The van der Waals surface area contributed by atoms with Crippen LogP contribution < -0.4 is 0 Å². The molecule has 0 bridgehead atoms. The number of likely N-dealkylation sites (tertiary alicyclic amines) is 1. The van der Waals surface area contributed by atoms with Gasteiger partial charge in [-0.05, 0) is 13.8 Å². The van der Waals surface area contributed by atoms with Gasteiger partial charge in [-0.25, -0.2) is 0 Å². The first kappa shape index (κ1) is 12.4. The van der Waals surface area contributed by atoms with Gasteiger partial charge >= 0.3 is 5.97 Å². The predicted octanol–water partition coefficient (Wildman–Crippen LogP) is 0.195. The van der Waals surface area contributed by atoms with E-state index in [1.807, 2.05) is 11.8 Å². The van der Waals surface area contributed by atoms with Crippen molar-refractivity contribution in [1.29, 1.82) is 0 Å². The minimum absolute atomic E-state index is 0.0122. The highest BCUT2D eigenvalue weighted by Gasteiger charge is 2.37. The van der Waals surface area contributed by atoms with Gasteiger partial charge in [-0.1, -0.05) is 0 Å². The Morgan fingerprint density at radius 3 is 2.60 bits per heavy atom. The molecule has 0 aliphatic carbocycles. The van der Waals surface area contributed by atoms with Gasteiger partial charge in [0.2, 0.25) is 0 Å². The Labute approximate surface area is 90.0 Å². The molecule has 1 heterocycles. The molecule has 3 atom stereocenters. The van der Waals surface area contributed by atoms with E-state index in [4.69, 9.17) is 14.6 Å². The third kappa shape index (κ3) is 2.90. The Balaban J connectivity index is 2.55. The molecule has 5 heteroatoms. The average molecular weight is 217 g/mol. The summed E-state index contributed by atoms with van der Waals surface area (Å²) in [7, 11) is 1.63. The summed E-state index contributed by atoms with van der Waals surface area (Å²) in [6.45, 7) is 5.48. The summed E-state index contributed by atoms with van der Waals surface area (Å²) in [5, 5.41) is 8.89. The van der Waals surface area contributed by atoms with Crippen LogP contribution in [-0.4, -0.2) is 61.0 Å². The molecular formula is C10H19NO4. The van der Waals surface area contributed by atoms with Crippen molar-refractivity contribution in [3.8, 4) is 0 Å². The summed E-state index contributed by atoms with van der Waals surface area (Å²) in [5.41, 5.74) is 0. The van der Waals surface area contributed by atoms with E-state index >= 15 is 0 Å². The lowest BCUT2D eigenvalue weighted by atomic mass is 10.2. The number of carboxylic acids is 1. The van der Waals surface area contributed by atoms with Gasteiger partial charge in [-0.3, -0.25) is 9.69 Å². The molecule has 0 spiro atoms. The Hall–Kier alpha value is -0.650. The fourth-order valence-electron chi connectivity index (χ4n) is 1.84. The molecule has 0 aromatic rings. The number of ether oxygens (including phenoxy) is 2. The topological polar surface area (TPSA) is 59.0 Å². The molecule has 88 valence electrons. The third-order valence-corrected chi connectivity index (χ3v) is 2.83. The van der Waals surface area contributed by atoms with E-state index in [2.05, 4.69) is 0 Å². The fraction of sp³-hybridized carbons (Fsp3) is 0.900. The number of hydrogen-bond donors (Lipinski definition) is 1. The highest BCUT2D eigenvalue weighted by Crippen LogP contribution is 2.18. The van der Waals surface area contributed by atoms with Gasteiger partial charge in [0.05, 0.1) is 12.2 Å². The summed E-state index contributed by atoms with van der Waals surface area (Å²) >= 11 is 0. The lowest BCUT2D eigenvalue weighted by molar-refractivity contribution is -0.142. The average Bonchev–Trinajstić information content (AvgIpc) is 2.60. The SMILES string of the molecule is CCO[C@@H]1CN([C@H](C)C(=O)O)C[C@H]1OC. The van der Waals surface area contributed by atoms with Crippen LogP contribution in [0, 0.1) is 0 Å². The molecule has 0 saturated carbocycles. The minimum Gasteiger partial charge on any atom is -0.480 e. The van der Waals surface area contributed by atoms with Crippen LogP contribution in [0.2, 0.25) is 0 Å². The number of hydrogen-bond acceptors (Lipinski definition) is 4. The van der Waals surface area contributed by atoms with Gasteiger partial charge in [-0.2, -0.15) is 0 Å². The minimum atomic E-state index is -0.804. The second kappa shape index (κ2) is 5.44. The Kier molecular flexibility index (Phi) is 4.50. The van der Waals surface area contributed by atoms with Crippen molar-refractivity contribution in [2.75, 3.05) is 26.8 Å². The van der Waals surface area contributed by atoms with Crippen molar-refractivity contribution < 1.29 is 19.4 Å². The molecule has 1 aliphatic rings. The van der Waals surface area contributed by atoms with E-state index in [0.29, 0.717) is 19.7 Å². The number of nitrogens with zero attached hydrogens (tertiary/aromatic N) is 1. The smallest absolute Gasteiger partial charge is 0.320 e. The Morgan fingerprint density at radius 2 is 2.13 bits per heavy atom. The lowest BCUT2D eigenvalue weighted by Crippen LogP contribution is -2.38. The van der Waals surface area contributed by atoms with Gasteiger partial charge < -0.3 is 14.6 Å². The Bertz CT molecular complexity index is 221. The van der Waals surface area contributed by atoms with Crippen molar-refractivity contribution in [2.45, 2.75) is 32.1 Å². The van der Waals surface area contributed by atoms with Gasteiger partial charge in [0, 0.05) is 26.8 Å². The van der Waals surface area contributed by atoms with E-state index in [9.17, 15) is 4.79 Å². The summed E-state index contributed by atoms with van der Waals surface area (Å²) in [5.74, 6) is -0.804. The van der Waals surface area contributed by atoms with Crippen LogP contribution in [0.15, 0.2) is 0 Å². The molecule has 0 aromatic carbocycles. The number of rotatable bonds is 5. The zero-order chi connectivity index (χ0) is 11.4. The number of aliphatic carboxylic acids is 1. The van der Waals surface area contributed by atoms with Crippen LogP contribution in [0.5, 0.6) is 0 Å². The number of carboxylic acid groups (broad SMARTS) is 1. The number of carbonyl (C=O) groups is 1. The maximum atomic E-state index is 10.8. The van der Waals surface area contributed by atoms with Gasteiger partial charge in [0.1, 0.15) is 6.04 Å². The molecule has 1 rings (SSSR count). The molecule has 0 amide bonds. The van der Waals surface area contributed by atoms with E-state index in [-0.39, 0.29) is 12.2 Å². The van der Waals surface area contributed by atoms with E-state index < -0.39 is 12.0 Å². The van der Waals surface area contributed by atoms with Crippen LogP contribution in [0.4, 0.5) is 0 Å². The second-order valence-corrected chi connectivity index (χ2v) is 3.74. The first-order valence-electron chi connectivity index (χ1n) is 5.21. The Morgan fingerprint density at radius 1 is 1.53 bits per heavy atom. The molecule has 0 radical (unpaired) electrons. The summed E-state index contributed by atoms with van der Waals surface area (Å²) in [4.78, 5) is 12.7. The van der Waals surface area contributed by atoms with Gasteiger partial charge in [0.15, 0.2) is 0 Å². The van der Waals surface area contributed by atoms with Crippen molar-refractivity contribution in [2.24, 2.45) is 0 Å². The standard InChI is InChI=1S/C10H19NO4/c1-4-15-9-6-11(5-8(9)14-3)7(2)10(12)13/h7-9H,4-6H2,1-3H3,(H,12,13)/t7-,8-,9-/m1/s1. The van der Waals surface area contributed by atoms with Gasteiger partial charge in [-0.15, -0.1) is 0 Å². The zero-order valence-electron chi connectivity index (χ0n) is 9.47. The molecule has 1 N–H and O–H groups in total. The van der Waals surface area contributed by atoms with Crippen LogP contribution in [-0.2, 0) is 14.3 Å². The summed E-state index contributed by atoms with van der Waals surface area (Å²) < 4.78 is 10.8. The maximum Gasteiger partial charge on any atom is 0.320 e. The molecule has 1 fully saturated rings. The van der Waals surface area contributed by atoms with Crippen molar-refractivity contribution in [3.05, 3.63) is 0 Å². The zero-order valence-corrected chi connectivity index (χ0v) is 9.47. The van der Waals surface area contributed by atoms with E-state index in [1.54, 1.807) is 14.0 Å². The van der Waals surface area contributed by atoms with Crippen molar-refractivity contribution in [1.82, 2.24) is 4.90 Å². The molecule has 0 aromatic heterocycles. The molecule has 1 aliphatic heterocycles. The molecule has 5 nitrogen and oxygen atoms in total. The monoisotopic (exact) mass is 217 g/mol. The van der Waals surface area contributed by atoms with Crippen LogP contribution in [0.25, 0.3) is 0 Å². The van der Waals surface area contributed by atoms with E-state index in [1.165, 1.54) is 0 Å². The first-order chi connectivity index (χ1) is 7.10. The molecule has 0 unspecified atom stereocenters. The van der Waals surface area contributed by atoms with Crippen molar-refractivity contribution in [3.63, 3.8) is 0 Å². The van der Waals surface area contributed by atoms with Crippen LogP contribution >= 0.6 is 0 Å². The van der Waals surface area contributed by atoms with Gasteiger partial charge in [0.25, 0.3) is 0 Å². The van der Waals surface area contributed by atoms with Crippen LogP contribution in [0.1, 0.15) is 13.8 Å². The normalized spacial score (nSPS) is 29.3. The molecule has 1 saturated heterocycles. The van der Waals surface area contributed by atoms with E-state index in [0.717, 1.165) is 0 Å². The highest BCUT2D eigenvalue weighted by molar-refractivity contribution is 5.72. The second-order valence-electron chi connectivity index (χ2n) is 3.74. The summed E-state index contributed by atoms with van der Waals surface area (Å²) in [6, 6.07) is -0.479. The lowest BCUT2D eigenvalue weighted by Gasteiger charge is -2.19. The fourth-order valence-corrected chi connectivity index (χ4v) is 1.84.